The Morgan fingerprint density at radius 2 is 2.21 bits per heavy atom. The number of anilines is 1. The van der Waals surface area contributed by atoms with Gasteiger partial charge in [-0.05, 0) is 18.8 Å². The monoisotopic (exact) mass is 337 g/mol. The first kappa shape index (κ1) is 18.4. The Bertz CT molecular complexity index is 498. The molecule has 24 heavy (non-hydrogen) atoms. The second kappa shape index (κ2) is 10.1. The van der Waals surface area contributed by atoms with Crippen LogP contribution in [-0.4, -0.2) is 48.7 Å². The summed E-state index contributed by atoms with van der Waals surface area (Å²) >= 11 is 0. The molecule has 0 radical (unpaired) electrons. The fourth-order valence-corrected chi connectivity index (χ4v) is 3.11. The zero-order valence-electron chi connectivity index (χ0n) is 14.3. The number of carbonyl (C=O) groups excluding carboxylic acids is 2. The van der Waals surface area contributed by atoms with Crippen LogP contribution >= 0.6 is 0 Å². The minimum Gasteiger partial charge on any atom is -0.385 e. The Morgan fingerprint density at radius 3 is 2.88 bits per heavy atom. The highest BCUT2D eigenvalue weighted by molar-refractivity contribution is 5.93. The molecule has 0 spiro atoms. The summed E-state index contributed by atoms with van der Waals surface area (Å²) in [6.45, 7) is 1.11. The summed E-state index contributed by atoms with van der Waals surface area (Å²) in [6.07, 6.45) is 8.53. The average molecular weight is 337 g/mol. The highest BCUT2D eigenvalue weighted by atomic mass is 16.5. The zero-order chi connectivity index (χ0) is 17.2. The van der Waals surface area contributed by atoms with Crippen LogP contribution in [0.4, 0.5) is 5.82 Å². The van der Waals surface area contributed by atoms with Crippen molar-refractivity contribution < 1.29 is 18.8 Å². The lowest BCUT2D eigenvalue weighted by Crippen LogP contribution is -2.39. The normalized spacial score (nSPS) is 14.7. The Balaban J connectivity index is 1.82. The summed E-state index contributed by atoms with van der Waals surface area (Å²) in [5.41, 5.74) is 0. The molecule has 1 N–H and O–H groups in total. The molecule has 1 fully saturated rings. The van der Waals surface area contributed by atoms with Gasteiger partial charge in [-0.15, -0.1) is 0 Å². The molecule has 0 bridgehead atoms. The Kier molecular flexibility index (Phi) is 7.74. The van der Waals surface area contributed by atoms with E-state index in [1.807, 2.05) is 0 Å². The number of nitrogens with zero attached hydrogens (tertiary/aromatic N) is 2. The van der Waals surface area contributed by atoms with Crippen molar-refractivity contribution in [2.75, 3.05) is 32.1 Å². The minimum absolute atomic E-state index is 0.0279. The van der Waals surface area contributed by atoms with Crippen LogP contribution in [0.3, 0.4) is 0 Å². The Hall–Kier alpha value is -1.89. The third kappa shape index (κ3) is 6.31. The first-order chi connectivity index (χ1) is 11.7. The molecule has 0 aromatic carbocycles. The standard InChI is InChI=1S/C17H27N3O4/c1-23-11-4-10-20(13-16(21)18-15-9-12-24-19-15)17(22)8-7-14-5-2-3-6-14/h9,12,14H,2-8,10-11,13H2,1H3,(H,18,19,21). The number of rotatable bonds is 10. The quantitative estimate of drug-likeness (QED) is 0.663. The van der Waals surface area contributed by atoms with Crippen molar-refractivity contribution in [3.8, 4) is 0 Å². The third-order valence-electron chi connectivity index (χ3n) is 4.41. The number of hydrogen-bond donors (Lipinski definition) is 1. The molecule has 1 aromatic heterocycles. The van der Waals surface area contributed by atoms with Gasteiger partial charge >= 0.3 is 0 Å². The highest BCUT2D eigenvalue weighted by Gasteiger charge is 2.21. The van der Waals surface area contributed by atoms with Gasteiger partial charge in [0.25, 0.3) is 0 Å². The first-order valence-corrected chi connectivity index (χ1v) is 8.66. The lowest BCUT2D eigenvalue weighted by atomic mass is 10.0. The average Bonchev–Trinajstić information content (AvgIpc) is 3.25. The molecule has 0 unspecified atom stereocenters. The summed E-state index contributed by atoms with van der Waals surface area (Å²) in [4.78, 5) is 26.2. The van der Waals surface area contributed by atoms with Crippen molar-refractivity contribution >= 4 is 17.6 Å². The molecule has 7 heteroatoms. The van der Waals surface area contributed by atoms with Crippen LogP contribution in [0.15, 0.2) is 16.9 Å². The summed E-state index contributed by atoms with van der Waals surface area (Å²) in [7, 11) is 1.63. The van der Waals surface area contributed by atoms with Gasteiger partial charge in [0.05, 0.1) is 6.54 Å². The van der Waals surface area contributed by atoms with E-state index >= 15 is 0 Å². The van der Waals surface area contributed by atoms with Crippen molar-refractivity contribution in [3.63, 3.8) is 0 Å². The molecular weight excluding hydrogens is 310 g/mol. The Labute approximate surface area is 142 Å². The number of hydrogen-bond acceptors (Lipinski definition) is 5. The van der Waals surface area contributed by atoms with Crippen molar-refractivity contribution in [1.82, 2.24) is 10.1 Å². The van der Waals surface area contributed by atoms with Gasteiger partial charge in [0.2, 0.25) is 11.8 Å². The predicted molar refractivity (Wildman–Crippen MR) is 89.4 cm³/mol. The van der Waals surface area contributed by atoms with Crippen LogP contribution in [-0.2, 0) is 14.3 Å². The van der Waals surface area contributed by atoms with Crippen LogP contribution in [0, 0.1) is 5.92 Å². The highest BCUT2D eigenvalue weighted by Crippen LogP contribution is 2.28. The van der Waals surface area contributed by atoms with Gasteiger partial charge in [-0.1, -0.05) is 30.8 Å². The molecular formula is C17H27N3O4. The lowest BCUT2D eigenvalue weighted by Gasteiger charge is -2.22. The second-order valence-corrected chi connectivity index (χ2v) is 6.28. The molecule has 0 aliphatic heterocycles. The summed E-state index contributed by atoms with van der Waals surface area (Å²) < 4.78 is 9.72. The maximum atomic E-state index is 12.5. The number of amides is 2. The van der Waals surface area contributed by atoms with E-state index in [-0.39, 0.29) is 18.4 Å². The van der Waals surface area contributed by atoms with Crippen LogP contribution < -0.4 is 5.32 Å². The van der Waals surface area contributed by atoms with Crippen LogP contribution in [0.5, 0.6) is 0 Å². The van der Waals surface area contributed by atoms with Crippen molar-refractivity contribution in [2.24, 2.45) is 5.92 Å². The second-order valence-electron chi connectivity index (χ2n) is 6.28. The SMILES string of the molecule is COCCCN(CC(=O)Nc1ccon1)C(=O)CCC1CCCC1. The molecule has 1 aliphatic rings. The molecule has 0 atom stereocenters. The van der Waals surface area contributed by atoms with Crippen molar-refractivity contribution in [3.05, 3.63) is 12.3 Å². The lowest BCUT2D eigenvalue weighted by molar-refractivity contribution is -0.135. The number of nitrogens with one attached hydrogen (secondary N) is 1. The maximum Gasteiger partial charge on any atom is 0.245 e. The molecule has 1 heterocycles. The summed E-state index contributed by atoms with van der Waals surface area (Å²) in [6, 6.07) is 1.56. The van der Waals surface area contributed by atoms with Gasteiger partial charge in [0, 0.05) is 32.7 Å². The van der Waals surface area contributed by atoms with Crippen molar-refractivity contribution in [1.29, 1.82) is 0 Å². The number of aromatic nitrogens is 1. The molecule has 7 nitrogen and oxygen atoms in total. The van der Waals surface area contributed by atoms with Gasteiger partial charge in [0.15, 0.2) is 5.82 Å². The van der Waals surface area contributed by atoms with E-state index in [4.69, 9.17) is 4.74 Å². The molecule has 134 valence electrons. The van der Waals surface area contributed by atoms with E-state index in [0.29, 0.717) is 37.7 Å². The number of carbonyl (C=O) groups is 2. The Morgan fingerprint density at radius 1 is 1.42 bits per heavy atom. The largest absolute Gasteiger partial charge is 0.385 e. The van der Waals surface area contributed by atoms with Gasteiger partial charge < -0.3 is 19.5 Å². The van der Waals surface area contributed by atoms with Crippen LogP contribution in [0.2, 0.25) is 0 Å². The molecule has 1 saturated carbocycles. The van der Waals surface area contributed by atoms with Gasteiger partial charge in [-0.2, -0.15) is 0 Å². The molecule has 1 aromatic rings. The molecule has 0 saturated heterocycles. The van der Waals surface area contributed by atoms with E-state index in [1.165, 1.54) is 31.9 Å². The zero-order valence-corrected chi connectivity index (χ0v) is 14.3. The van der Waals surface area contributed by atoms with E-state index in [1.54, 1.807) is 18.1 Å². The fourth-order valence-electron chi connectivity index (χ4n) is 3.11. The molecule has 1 aliphatic carbocycles. The fraction of sp³-hybridized carbons (Fsp3) is 0.706. The van der Waals surface area contributed by atoms with Crippen LogP contribution in [0.25, 0.3) is 0 Å². The van der Waals surface area contributed by atoms with E-state index < -0.39 is 0 Å². The molecule has 2 rings (SSSR count). The maximum absolute atomic E-state index is 12.5. The van der Waals surface area contributed by atoms with Crippen molar-refractivity contribution in [2.45, 2.75) is 44.9 Å². The predicted octanol–water partition coefficient (Wildman–Crippen LogP) is 2.45. The summed E-state index contributed by atoms with van der Waals surface area (Å²) in [5.74, 6) is 0.790. The van der Waals surface area contributed by atoms with E-state index in [0.717, 1.165) is 6.42 Å². The third-order valence-corrected chi connectivity index (χ3v) is 4.41. The van der Waals surface area contributed by atoms with Gasteiger partial charge in [-0.25, -0.2) is 0 Å². The topological polar surface area (TPSA) is 84.7 Å². The van der Waals surface area contributed by atoms with Gasteiger partial charge in [-0.3, -0.25) is 9.59 Å². The van der Waals surface area contributed by atoms with Gasteiger partial charge in [0.1, 0.15) is 6.26 Å². The van der Waals surface area contributed by atoms with Crippen LogP contribution in [0.1, 0.15) is 44.9 Å². The smallest absolute Gasteiger partial charge is 0.245 e. The summed E-state index contributed by atoms with van der Waals surface area (Å²) in [5, 5.41) is 6.27. The number of ether oxygens (including phenoxy) is 1. The van der Waals surface area contributed by atoms with E-state index in [2.05, 4.69) is 15.0 Å². The van der Waals surface area contributed by atoms with E-state index in [9.17, 15) is 9.59 Å². The number of methoxy groups -OCH3 is 1. The molecule has 2 amide bonds. The minimum atomic E-state index is -0.268. The first-order valence-electron chi connectivity index (χ1n) is 8.66.